The average molecular weight is 230 g/mol. The fourth-order valence-corrected chi connectivity index (χ4v) is 3.25. The highest BCUT2D eigenvalue weighted by Crippen LogP contribution is 2.50. The molecule has 0 heterocycles. The first-order valence-electron chi connectivity index (χ1n) is 4.68. The van der Waals surface area contributed by atoms with Crippen LogP contribution in [-0.2, 0) is 0 Å². The van der Waals surface area contributed by atoms with E-state index in [1.54, 1.807) is 0 Å². The maximum Gasteiger partial charge on any atom is -0.00957 e. The maximum absolute atomic E-state index is 2.41. The summed E-state index contributed by atoms with van der Waals surface area (Å²) in [6.45, 7) is 0. The van der Waals surface area contributed by atoms with Gasteiger partial charge in [-0.25, -0.2) is 20.1 Å². The summed E-state index contributed by atoms with van der Waals surface area (Å²) in [4.78, 5) is 3.05. The lowest BCUT2D eigenvalue weighted by molar-refractivity contribution is 1.31. The lowest BCUT2D eigenvalue weighted by Crippen LogP contribution is -1.97. The first kappa shape index (κ1) is 12.0. The molecule has 1 aromatic carbocycles. The molecule has 0 aromatic heterocycles. The lowest BCUT2D eigenvalue weighted by atomic mass is 10.4. The SMILES string of the molecule is CS(C)(C)c1cccc(S(C)(C)C)c1. The fraction of sp³-hybridized carbons (Fsp3) is 0.500. The molecule has 0 saturated carbocycles. The molecule has 0 aliphatic heterocycles. The van der Waals surface area contributed by atoms with Crippen molar-refractivity contribution < 1.29 is 0 Å². The molecular formula is C12H22S2. The second-order valence-corrected chi connectivity index (χ2v) is 13.4. The van der Waals surface area contributed by atoms with Gasteiger partial charge in [-0.1, -0.05) is 18.2 Å². The molecule has 82 valence electrons. The van der Waals surface area contributed by atoms with Gasteiger partial charge in [0, 0.05) is 0 Å². The van der Waals surface area contributed by atoms with Crippen LogP contribution < -0.4 is 0 Å². The van der Waals surface area contributed by atoms with Crippen LogP contribution in [0, 0.1) is 0 Å². The molecule has 0 N–H and O–H groups in total. The zero-order valence-corrected chi connectivity index (χ0v) is 11.8. The molecule has 0 amide bonds. The first-order valence-corrected chi connectivity index (χ1v) is 10.4. The van der Waals surface area contributed by atoms with E-state index in [9.17, 15) is 0 Å². The molecule has 2 heteroatoms. The molecule has 0 unspecified atom stereocenters. The quantitative estimate of drug-likeness (QED) is 0.725. The minimum absolute atomic E-state index is 0.572. The van der Waals surface area contributed by atoms with Crippen LogP contribution in [0.25, 0.3) is 0 Å². The minimum Gasteiger partial charge on any atom is -0.223 e. The Balaban J connectivity index is 3.15. The van der Waals surface area contributed by atoms with E-state index in [1.807, 2.05) is 0 Å². The van der Waals surface area contributed by atoms with E-state index in [-0.39, 0.29) is 0 Å². The second kappa shape index (κ2) is 3.82. The van der Waals surface area contributed by atoms with Gasteiger partial charge in [0.1, 0.15) is 0 Å². The summed E-state index contributed by atoms with van der Waals surface area (Å²) >= 11 is 0. The van der Waals surface area contributed by atoms with Crippen LogP contribution in [0.4, 0.5) is 0 Å². The summed E-state index contributed by atoms with van der Waals surface area (Å²) in [6, 6.07) is 9.15. The molecule has 0 spiro atoms. The molecule has 0 bridgehead atoms. The highest BCUT2D eigenvalue weighted by molar-refractivity contribution is 8.32. The number of benzene rings is 1. The third-order valence-corrected chi connectivity index (χ3v) is 5.56. The molecule has 0 saturated heterocycles. The van der Waals surface area contributed by atoms with Crippen LogP contribution in [-0.4, -0.2) is 37.5 Å². The summed E-state index contributed by atoms with van der Waals surface area (Å²) in [5.41, 5.74) is 0. The predicted molar refractivity (Wildman–Crippen MR) is 73.7 cm³/mol. The Morgan fingerprint density at radius 2 is 1.07 bits per heavy atom. The molecule has 14 heavy (non-hydrogen) atoms. The van der Waals surface area contributed by atoms with Gasteiger partial charge in [0.2, 0.25) is 0 Å². The van der Waals surface area contributed by atoms with Crippen molar-refractivity contribution >= 4 is 20.1 Å². The molecule has 0 aliphatic carbocycles. The van der Waals surface area contributed by atoms with Gasteiger partial charge in [0.15, 0.2) is 0 Å². The van der Waals surface area contributed by atoms with Crippen molar-refractivity contribution in [2.24, 2.45) is 0 Å². The normalized spacial score (nSPS) is 15.3. The van der Waals surface area contributed by atoms with Crippen LogP contribution in [0.3, 0.4) is 0 Å². The van der Waals surface area contributed by atoms with Gasteiger partial charge in [-0.2, -0.15) is 0 Å². The zero-order chi connectivity index (χ0) is 11.0. The third kappa shape index (κ3) is 2.96. The van der Waals surface area contributed by atoms with Crippen LogP contribution in [0.5, 0.6) is 0 Å². The van der Waals surface area contributed by atoms with E-state index in [4.69, 9.17) is 0 Å². The van der Waals surface area contributed by atoms with Crippen LogP contribution in [0.1, 0.15) is 0 Å². The highest BCUT2D eigenvalue weighted by Gasteiger charge is 2.12. The topological polar surface area (TPSA) is 0 Å². The van der Waals surface area contributed by atoms with Gasteiger partial charge in [0.25, 0.3) is 0 Å². The molecule has 1 rings (SSSR count). The van der Waals surface area contributed by atoms with Crippen molar-refractivity contribution in [1.82, 2.24) is 0 Å². The van der Waals surface area contributed by atoms with Gasteiger partial charge in [-0.05, 0) is 53.4 Å². The summed E-state index contributed by atoms with van der Waals surface area (Å²) in [6.07, 6.45) is 14.1. The monoisotopic (exact) mass is 230 g/mol. The van der Waals surface area contributed by atoms with Gasteiger partial charge in [-0.3, -0.25) is 0 Å². The molecule has 0 nitrogen and oxygen atoms in total. The Labute approximate surface area is 91.7 Å². The third-order valence-electron chi connectivity index (χ3n) is 2.22. The van der Waals surface area contributed by atoms with Crippen molar-refractivity contribution in [2.45, 2.75) is 9.79 Å². The van der Waals surface area contributed by atoms with E-state index >= 15 is 0 Å². The molecule has 0 fully saturated rings. The summed E-state index contributed by atoms with van der Waals surface area (Å²) in [5.74, 6) is 0. The Bertz CT molecular complexity index is 287. The van der Waals surface area contributed by atoms with E-state index < -0.39 is 20.1 Å². The van der Waals surface area contributed by atoms with Gasteiger partial charge in [0.05, 0.1) is 0 Å². The number of hydrogen-bond donors (Lipinski definition) is 0. The van der Waals surface area contributed by atoms with E-state index in [1.165, 1.54) is 9.79 Å². The molecule has 0 atom stereocenters. The summed E-state index contributed by atoms with van der Waals surface area (Å²) in [7, 11) is -1.14. The Hall–Kier alpha value is -0.0800. The van der Waals surface area contributed by atoms with Crippen molar-refractivity contribution in [3.8, 4) is 0 Å². The molecule has 0 aliphatic rings. The highest BCUT2D eigenvalue weighted by atomic mass is 32.3. The van der Waals surface area contributed by atoms with Gasteiger partial charge >= 0.3 is 0 Å². The van der Waals surface area contributed by atoms with Crippen LogP contribution >= 0.6 is 20.1 Å². The minimum atomic E-state index is -0.572. The molecule has 1 aromatic rings. The predicted octanol–water partition coefficient (Wildman–Crippen LogP) is 3.79. The van der Waals surface area contributed by atoms with E-state index in [0.717, 1.165) is 0 Å². The average Bonchev–Trinajstić information content (AvgIpc) is 2.01. The van der Waals surface area contributed by atoms with Gasteiger partial charge in [-0.15, -0.1) is 0 Å². The van der Waals surface area contributed by atoms with Crippen molar-refractivity contribution in [3.63, 3.8) is 0 Å². The van der Waals surface area contributed by atoms with Crippen molar-refractivity contribution in [2.75, 3.05) is 37.5 Å². The van der Waals surface area contributed by atoms with Gasteiger partial charge < -0.3 is 0 Å². The van der Waals surface area contributed by atoms with Crippen LogP contribution in [0.15, 0.2) is 34.1 Å². The Morgan fingerprint density at radius 3 is 1.36 bits per heavy atom. The lowest BCUT2D eigenvalue weighted by Gasteiger charge is -2.30. The summed E-state index contributed by atoms with van der Waals surface area (Å²) < 4.78 is 0. The molecular weight excluding hydrogens is 208 g/mol. The second-order valence-electron chi connectivity index (χ2n) is 5.15. The Kier molecular flexibility index (Phi) is 3.27. The smallest absolute Gasteiger partial charge is 0.00957 e. The van der Waals surface area contributed by atoms with Crippen molar-refractivity contribution in [3.05, 3.63) is 24.3 Å². The number of rotatable bonds is 2. The first-order chi connectivity index (χ1) is 6.21. The van der Waals surface area contributed by atoms with E-state index in [2.05, 4.69) is 61.8 Å². The van der Waals surface area contributed by atoms with Crippen LogP contribution in [0.2, 0.25) is 0 Å². The van der Waals surface area contributed by atoms with Crippen molar-refractivity contribution in [1.29, 1.82) is 0 Å². The van der Waals surface area contributed by atoms with E-state index in [0.29, 0.717) is 0 Å². The largest absolute Gasteiger partial charge is 0.223 e. The zero-order valence-electron chi connectivity index (χ0n) is 10.1. The fourth-order valence-electron chi connectivity index (χ4n) is 1.24. The standard InChI is InChI=1S/C12H22S2/c1-13(2,3)11-8-7-9-12(10-11)14(4,5)6/h7-10H,1-6H3. The number of hydrogen-bond acceptors (Lipinski definition) is 0. The molecule has 0 radical (unpaired) electrons. The maximum atomic E-state index is 2.41. The Morgan fingerprint density at radius 1 is 0.714 bits per heavy atom. The summed E-state index contributed by atoms with van der Waals surface area (Å²) in [5, 5.41) is 0.